The minimum absolute atomic E-state index is 0.0846. The lowest BCUT2D eigenvalue weighted by molar-refractivity contribution is -0.156. The van der Waals surface area contributed by atoms with E-state index in [1.165, 1.54) is 24.2 Å². The van der Waals surface area contributed by atoms with Gasteiger partial charge in [0.2, 0.25) is 5.91 Å². The number of carboxylic acids is 1. The quantitative estimate of drug-likeness (QED) is 0.589. The van der Waals surface area contributed by atoms with Crippen LogP contribution in [0.2, 0.25) is 0 Å². The maximum Gasteiger partial charge on any atom is 0.334 e. The first-order valence-corrected chi connectivity index (χ1v) is 8.02. The molecule has 1 fully saturated rings. The summed E-state index contributed by atoms with van der Waals surface area (Å²) in [6, 6.07) is -0.365. The molecular formula is C15H15N3O5S. The van der Waals surface area contributed by atoms with Gasteiger partial charge in [0.15, 0.2) is 0 Å². The summed E-state index contributed by atoms with van der Waals surface area (Å²) in [5.41, 5.74) is 0.476. The number of fused-ring (bicyclic) bond motifs is 1. The van der Waals surface area contributed by atoms with Gasteiger partial charge in [-0.25, -0.2) is 4.79 Å². The van der Waals surface area contributed by atoms with E-state index in [1.807, 2.05) is 0 Å². The fraction of sp³-hybridized carbons (Fsp3) is 0.333. The molecule has 0 aromatic carbocycles. The number of carbonyl (C=O) groups is 3. The van der Waals surface area contributed by atoms with Gasteiger partial charge in [-0.1, -0.05) is 18.3 Å². The molecule has 0 radical (unpaired) electrons. The zero-order valence-corrected chi connectivity index (χ0v) is 13.5. The van der Waals surface area contributed by atoms with Crippen molar-refractivity contribution in [1.82, 2.24) is 10.2 Å². The van der Waals surface area contributed by atoms with Crippen LogP contribution in [0.1, 0.15) is 13.3 Å². The van der Waals surface area contributed by atoms with Crippen LogP contribution in [0.25, 0.3) is 0 Å². The molecule has 2 amide bonds. The lowest BCUT2D eigenvalue weighted by Crippen LogP contribution is -2.60. The largest absolute Gasteiger partial charge is 0.478 e. The highest BCUT2D eigenvalue weighted by Gasteiger charge is 2.56. The Bertz CT molecular complexity index is 752. The van der Waals surface area contributed by atoms with Crippen molar-refractivity contribution < 1.29 is 24.6 Å². The van der Waals surface area contributed by atoms with Crippen molar-refractivity contribution in [2.45, 2.75) is 25.5 Å². The normalized spacial score (nSPS) is 25.5. The van der Waals surface area contributed by atoms with Crippen LogP contribution in [0.15, 0.2) is 39.0 Å². The SMILES string of the molecule is C=C(NC(=O)C1=CN=C1)SC1=C(C(=O)O)CC2C([C@H](C)O)C(=O)N12. The highest BCUT2D eigenvalue weighted by Crippen LogP contribution is 2.48. The molecule has 3 rings (SSSR count). The summed E-state index contributed by atoms with van der Waals surface area (Å²) in [4.78, 5) is 40.5. The molecule has 3 atom stereocenters. The Morgan fingerprint density at radius 3 is 2.71 bits per heavy atom. The fourth-order valence-electron chi connectivity index (χ4n) is 2.90. The van der Waals surface area contributed by atoms with Crippen molar-refractivity contribution in [3.8, 4) is 0 Å². The molecule has 3 N–H and O–H groups in total. The standard InChI is InChI=1S/C15H15N3O5S/c1-6(19)11-10-3-9(15(22)23)14(18(10)13(11)21)24-7(2)17-12(20)8-4-16-5-8/h4-6,10-11,19H,2-3H2,1H3,(H,17,20)(H,22,23)/t6-,10?,11?/m0/s1. The predicted octanol–water partition coefficient (Wildman–Crippen LogP) is 0.183. The number of aliphatic carboxylic acids is 1. The number of amides is 2. The number of thioether (sulfide) groups is 1. The molecule has 0 saturated carbocycles. The van der Waals surface area contributed by atoms with Crippen LogP contribution in [-0.2, 0) is 14.4 Å². The summed E-state index contributed by atoms with van der Waals surface area (Å²) >= 11 is 0.929. The van der Waals surface area contributed by atoms with Gasteiger partial charge in [-0.3, -0.25) is 14.6 Å². The van der Waals surface area contributed by atoms with Gasteiger partial charge in [-0.15, -0.1) is 0 Å². The molecule has 126 valence electrons. The Morgan fingerprint density at radius 1 is 1.54 bits per heavy atom. The van der Waals surface area contributed by atoms with Crippen LogP contribution in [0.3, 0.4) is 0 Å². The van der Waals surface area contributed by atoms with E-state index in [1.54, 1.807) is 0 Å². The monoisotopic (exact) mass is 349 g/mol. The Balaban J connectivity index is 1.73. The number of nitrogens with one attached hydrogen (secondary N) is 1. The van der Waals surface area contributed by atoms with Gasteiger partial charge in [0.25, 0.3) is 5.91 Å². The van der Waals surface area contributed by atoms with E-state index in [2.05, 4.69) is 16.9 Å². The summed E-state index contributed by atoms with van der Waals surface area (Å²) in [5, 5.41) is 22.0. The number of aliphatic hydroxyl groups excluding tert-OH is 1. The van der Waals surface area contributed by atoms with Crippen LogP contribution in [0.4, 0.5) is 0 Å². The second kappa shape index (κ2) is 5.91. The lowest BCUT2D eigenvalue weighted by atomic mass is 9.83. The molecule has 3 aliphatic rings. The lowest BCUT2D eigenvalue weighted by Gasteiger charge is -2.45. The molecule has 0 bridgehead atoms. The zero-order valence-electron chi connectivity index (χ0n) is 12.7. The zero-order chi connectivity index (χ0) is 17.6. The molecule has 8 nitrogen and oxygen atoms in total. The fourth-order valence-corrected chi connectivity index (χ4v) is 3.90. The number of hydrogen-bond donors (Lipinski definition) is 3. The molecule has 2 unspecified atom stereocenters. The summed E-state index contributed by atoms with van der Waals surface area (Å²) in [7, 11) is 0. The number of carbonyl (C=O) groups excluding carboxylic acids is 2. The Labute approximate surface area is 141 Å². The van der Waals surface area contributed by atoms with Crippen LogP contribution >= 0.6 is 11.8 Å². The Morgan fingerprint density at radius 2 is 2.21 bits per heavy atom. The number of hydrogen-bond acceptors (Lipinski definition) is 6. The molecule has 9 heteroatoms. The van der Waals surface area contributed by atoms with E-state index in [9.17, 15) is 24.6 Å². The van der Waals surface area contributed by atoms with Crippen LogP contribution in [0.5, 0.6) is 0 Å². The first kappa shape index (κ1) is 16.5. The van der Waals surface area contributed by atoms with Crippen LogP contribution < -0.4 is 5.32 Å². The molecule has 1 saturated heterocycles. The average Bonchev–Trinajstić information content (AvgIpc) is 2.69. The van der Waals surface area contributed by atoms with Crippen molar-refractivity contribution in [2.24, 2.45) is 10.9 Å². The van der Waals surface area contributed by atoms with Gasteiger partial charge in [-0.05, 0) is 6.92 Å². The first-order valence-electron chi connectivity index (χ1n) is 7.20. The van der Waals surface area contributed by atoms with E-state index in [-0.39, 0.29) is 34.0 Å². The molecule has 0 spiro atoms. The minimum Gasteiger partial charge on any atom is -0.478 e. The van der Waals surface area contributed by atoms with Gasteiger partial charge >= 0.3 is 5.97 Å². The minimum atomic E-state index is -1.13. The van der Waals surface area contributed by atoms with E-state index in [4.69, 9.17) is 0 Å². The Kier molecular flexibility index (Phi) is 4.06. The second-order valence-electron chi connectivity index (χ2n) is 5.68. The highest BCUT2D eigenvalue weighted by atomic mass is 32.2. The van der Waals surface area contributed by atoms with Crippen molar-refractivity contribution in [3.63, 3.8) is 0 Å². The molecule has 0 aromatic heterocycles. The van der Waals surface area contributed by atoms with E-state index in [0.717, 1.165) is 11.8 Å². The first-order chi connectivity index (χ1) is 11.3. The number of nitrogens with zero attached hydrogens (tertiary/aromatic N) is 2. The third-order valence-electron chi connectivity index (χ3n) is 4.10. The predicted molar refractivity (Wildman–Crippen MR) is 86.5 cm³/mol. The van der Waals surface area contributed by atoms with Crippen LogP contribution in [0, 0.1) is 5.92 Å². The number of β-lactam (4-membered cyclic amide) rings is 1. The summed E-state index contributed by atoms with van der Waals surface area (Å²) in [6.07, 6.45) is 2.11. The van der Waals surface area contributed by atoms with Crippen LogP contribution in [-0.4, -0.2) is 51.3 Å². The molecule has 24 heavy (non-hydrogen) atoms. The third-order valence-corrected chi connectivity index (χ3v) is 5.08. The maximum atomic E-state index is 12.2. The smallest absolute Gasteiger partial charge is 0.334 e. The summed E-state index contributed by atoms with van der Waals surface area (Å²) < 4.78 is 0. The van der Waals surface area contributed by atoms with Crippen molar-refractivity contribution in [3.05, 3.63) is 34.0 Å². The molecule has 3 heterocycles. The second-order valence-corrected chi connectivity index (χ2v) is 6.76. The molecule has 3 aliphatic heterocycles. The van der Waals surface area contributed by atoms with Gasteiger partial charge < -0.3 is 20.4 Å². The number of carboxylic acid groups (broad SMARTS) is 1. The molecule has 0 aromatic rings. The van der Waals surface area contributed by atoms with Gasteiger partial charge in [0.05, 0.1) is 39.3 Å². The van der Waals surface area contributed by atoms with E-state index >= 15 is 0 Å². The van der Waals surface area contributed by atoms with Gasteiger partial charge in [0, 0.05) is 18.8 Å². The Hall–Kier alpha value is -2.39. The number of rotatable bonds is 6. The van der Waals surface area contributed by atoms with Crippen molar-refractivity contribution in [2.75, 3.05) is 0 Å². The van der Waals surface area contributed by atoms with Crippen molar-refractivity contribution in [1.29, 1.82) is 0 Å². The third kappa shape index (κ3) is 2.55. The molecule has 0 aliphatic carbocycles. The number of aliphatic imine (C=N–C) groups is 1. The topological polar surface area (TPSA) is 119 Å². The molecular weight excluding hydrogens is 334 g/mol. The van der Waals surface area contributed by atoms with Gasteiger partial charge in [-0.2, -0.15) is 0 Å². The highest BCUT2D eigenvalue weighted by molar-refractivity contribution is 8.06. The maximum absolute atomic E-state index is 12.2. The summed E-state index contributed by atoms with van der Waals surface area (Å²) in [5.74, 6) is -2.44. The van der Waals surface area contributed by atoms with Crippen molar-refractivity contribution >= 4 is 35.8 Å². The number of aliphatic hydroxyl groups is 1. The summed E-state index contributed by atoms with van der Waals surface area (Å²) in [6.45, 7) is 5.21. The van der Waals surface area contributed by atoms with E-state index in [0.29, 0.717) is 5.57 Å². The van der Waals surface area contributed by atoms with Gasteiger partial charge in [0.1, 0.15) is 0 Å². The van der Waals surface area contributed by atoms with E-state index < -0.39 is 23.9 Å². The average molecular weight is 349 g/mol.